The van der Waals surface area contributed by atoms with E-state index in [0.29, 0.717) is 21.2 Å². The van der Waals surface area contributed by atoms with Crippen LogP contribution < -0.4 is 0 Å². The van der Waals surface area contributed by atoms with Crippen molar-refractivity contribution in [1.29, 1.82) is 0 Å². The minimum Gasteiger partial charge on any atom is -0.207 e. The molecule has 0 aliphatic carbocycles. The normalized spacial score (nSPS) is 12.0. The summed E-state index contributed by atoms with van der Waals surface area (Å²) < 4.78 is 26.1. The van der Waals surface area contributed by atoms with Crippen molar-refractivity contribution < 1.29 is 8.78 Å². The van der Waals surface area contributed by atoms with Gasteiger partial charge < -0.3 is 0 Å². The lowest BCUT2D eigenvalue weighted by atomic mass is 10.0. The molecule has 0 bridgehead atoms. The summed E-state index contributed by atoms with van der Waals surface area (Å²) in [4.78, 5) is 0. The Hall–Kier alpha value is -1.38. The standard InChI is InChI=1S/C17H14Cl2F2/c1-17(20,21)11-13-5-2-4-12(10-13)8-9-14-15(18)6-3-7-16(14)19/h2-10H,11H2,1H3/b9-8+. The Kier molecular flexibility index (Phi) is 5.02. The highest BCUT2D eigenvalue weighted by molar-refractivity contribution is 6.37. The average Bonchev–Trinajstić information content (AvgIpc) is 2.36. The van der Waals surface area contributed by atoms with Gasteiger partial charge in [0.1, 0.15) is 0 Å². The molecule has 0 heterocycles. The van der Waals surface area contributed by atoms with E-state index in [4.69, 9.17) is 23.2 Å². The van der Waals surface area contributed by atoms with E-state index in [-0.39, 0.29) is 6.42 Å². The van der Waals surface area contributed by atoms with E-state index < -0.39 is 5.92 Å². The molecule has 0 N–H and O–H groups in total. The van der Waals surface area contributed by atoms with Crippen molar-refractivity contribution in [3.8, 4) is 0 Å². The van der Waals surface area contributed by atoms with Crippen LogP contribution in [0.25, 0.3) is 12.2 Å². The fourth-order valence-corrected chi connectivity index (χ4v) is 2.54. The molecule has 0 aliphatic rings. The van der Waals surface area contributed by atoms with Crippen molar-refractivity contribution >= 4 is 35.4 Å². The van der Waals surface area contributed by atoms with Gasteiger partial charge >= 0.3 is 0 Å². The summed E-state index contributed by atoms with van der Waals surface area (Å²) in [5.74, 6) is -2.71. The van der Waals surface area contributed by atoms with E-state index in [1.54, 1.807) is 42.5 Å². The monoisotopic (exact) mass is 326 g/mol. The third-order valence-electron chi connectivity index (χ3n) is 2.91. The van der Waals surface area contributed by atoms with Gasteiger partial charge in [-0.05, 0) is 30.2 Å². The van der Waals surface area contributed by atoms with Crippen LogP contribution in [0.4, 0.5) is 8.78 Å². The van der Waals surface area contributed by atoms with Crippen molar-refractivity contribution in [2.45, 2.75) is 19.3 Å². The predicted molar refractivity (Wildman–Crippen MR) is 86.2 cm³/mol. The van der Waals surface area contributed by atoms with Crippen LogP contribution in [0.2, 0.25) is 10.0 Å². The van der Waals surface area contributed by atoms with Crippen LogP contribution in [0.3, 0.4) is 0 Å². The fraction of sp³-hybridized carbons (Fsp3) is 0.176. The Morgan fingerprint density at radius 1 is 1.00 bits per heavy atom. The Labute approximate surface area is 133 Å². The Balaban J connectivity index is 2.24. The smallest absolute Gasteiger partial charge is 0.207 e. The van der Waals surface area contributed by atoms with Crippen molar-refractivity contribution in [3.05, 3.63) is 69.2 Å². The van der Waals surface area contributed by atoms with Gasteiger partial charge in [-0.1, -0.05) is 65.7 Å². The van der Waals surface area contributed by atoms with Crippen LogP contribution in [0.15, 0.2) is 42.5 Å². The lowest BCUT2D eigenvalue weighted by Crippen LogP contribution is -2.13. The maximum Gasteiger partial charge on any atom is 0.249 e. The SMILES string of the molecule is CC(F)(F)Cc1cccc(/C=C/c2c(Cl)cccc2Cl)c1. The molecule has 110 valence electrons. The number of hydrogen-bond acceptors (Lipinski definition) is 0. The molecular formula is C17H14Cl2F2. The molecule has 0 spiro atoms. The van der Waals surface area contributed by atoms with Crippen LogP contribution >= 0.6 is 23.2 Å². The summed E-state index contributed by atoms with van der Waals surface area (Å²) in [6.45, 7) is 0.916. The molecule has 4 heteroatoms. The second kappa shape index (κ2) is 6.59. The zero-order valence-electron chi connectivity index (χ0n) is 11.4. The van der Waals surface area contributed by atoms with Crippen LogP contribution in [0.1, 0.15) is 23.6 Å². The van der Waals surface area contributed by atoms with E-state index in [2.05, 4.69) is 0 Å². The second-order valence-corrected chi connectivity index (χ2v) is 5.78. The number of rotatable bonds is 4. The fourth-order valence-electron chi connectivity index (χ4n) is 2.01. The van der Waals surface area contributed by atoms with Gasteiger partial charge in [-0.3, -0.25) is 0 Å². The first-order valence-corrected chi connectivity index (χ1v) is 7.20. The molecular weight excluding hydrogens is 313 g/mol. The quantitative estimate of drug-likeness (QED) is 0.573. The van der Waals surface area contributed by atoms with Crippen molar-refractivity contribution in [3.63, 3.8) is 0 Å². The Bertz CT molecular complexity index is 638. The zero-order chi connectivity index (χ0) is 15.5. The molecule has 0 aliphatic heterocycles. The number of benzene rings is 2. The third-order valence-corrected chi connectivity index (χ3v) is 3.57. The molecule has 0 saturated carbocycles. The van der Waals surface area contributed by atoms with Crippen molar-refractivity contribution in [1.82, 2.24) is 0 Å². The molecule has 0 amide bonds. The van der Waals surface area contributed by atoms with Gasteiger partial charge in [0.2, 0.25) is 5.92 Å². The van der Waals surface area contributed by atoms with Gasteiger partial charge in [0.15, 0.2) is 0 Å². The molecule has 0 nitrogen and oxygen atoms in total. The minimum atomic E-state index is -2.71. The summed E-state index contributed by atoms with van der Waals surface area (Å²) in [6, 6.07) is 12.3. The number of hydrogen-bond donors (Lipinski definition) is 0. The second-order valence-electron chi connectivity index (χ2n) is 4.96. The zero-order valence-corrected chi connectivity index (χ0v) is 12.9. The molecule has 0 unspecified atom stereocenters. The minimum absolute atomic E-state index is 0.276. The highest BCUT2D eigenvalue weighted by Gasteiger charge is 2.21. The molecule has 21 heavy (non-hydrogen) atoms. The summed E-state index contributed by atoms with van der Waals surface area (Å²) >= 11 is 12.2. The van der Waals surface area contributed by atoms with Gasteiger partial charge in [-0.25, -0.2) is 8.78 Å². The predicted octanol–water partition coefficient (Wildman–Crippen LogP) is 6.36. The van der Waals surface area contributed by atoms with Gasteiger partial charge in [0.25, 0.3) is 0 Å². The summed E-state index contributed by atoms with van der Waals surface area (Å²) in [6.07, 6.45) is 3.32. The molecule has 2 aromatic carbocycles. The Morgan fingerprint density at radius 2 is 1.62 bits per heavy atom. The summed E-state index contributed by atoms with van der Waals surface area (Å²) in [7, 11) is 0. The van der Waals surface area contributed by atoms with E-state index in [1.165, 1.54) is 0 Å². The number of alkyl halides is 2. The van der Waals surface area contributed by atoms with Crippen molar-refractivity contribution in [2.24, 2.45) is 0 Å². The van der Waals surface area contributed by atoms with Crippen LogP contribution in [0.5, 0.6) is 0 Å². The highest BCUT2D eigenvalue weighted by atomic mass is 35.5. The van der Waals surface area contributed by atoms with E-state index in [9.17, 15) is 8.78 Å². The van der Waals surface area contributed by atoms with Gasteiger partial charge in [-0.15, -0.1) is 0 Å². The Morgan fingerprint density at radius 3 is 2.24 bits per heavy atom. The van der Waals surface area contributed by atoms with Gasteiger partial charge in [-0.2, -0.15) is 0 Å². The molecule has 0 radical (unpaired) electrons. The molecule has 0 atom stereocenters. The lowest BCUT2D eigenvalue weighted by molar-refractivity contribution is 0.0226. The molecule has 0 aromatic heterocycles. The third kappa shape index (κ3) is 4.83. The van der Waals surface area contributed by atoms with E-state index >= 15 is 0 Å². The van der Waals surface area contributed by atoms with Crippen molar-refractivity contribution in [2.75, 3.05) is 0 Å². The lowest BCUT2D eigenvalue weighted by Gasteiger charge is -2.10. The maximum absolute atomic E-state index is 13.0. The topological polar surface area (TPSA) is 0 Å². The molecule has 0 saturated heterocycles. The molecule has 2 aromatic rings. The summed E-state index contributed by atoms with van der Waals surface area (Å²) in [5.41, 5.74) is 2.13. The van der Waals surface area contributed by atoms with Gasteiger partial charge in [0, 0.05) is 22.0 Å². The first-order valence-electron chi connectivity index (χ1n) is 6.44. The van der Waals surface area contributed by atoms with E-state index in [1.807, 2.05) is 12.1 Å². The van der Waals surface area contributed by atoms with Gasteiger partial charge in [0.05, 0.1) is 0 Å². The molecule has 0 fully saturated rings. The summed E-state index contributed by atoms with van der Waals surface area (Å²) in [5, 5.41) is 1.10. The van der Waals surface area contributed by atoms with Crippen LogP contribution in [0, 0.1) is 0 Å². The van der Waals surface area contributed by atoms with Crippen LogP contribution in [-0.4, -0.2) is 5.92 Å². The van der Waals surface area contributed by atoms with Crippen LogP contribution in [-0.2, 0) is 6.42 Å². The van der Waals surface area contributed by atoms with E-state index in [0.717, 1.165) is 12.5 Å². The number of halogens is 4. The highest BCUT2D eigenvalue weighted by Crippen LogP contribution is 2.26. The molecule has 2 rings (SSSR count). The largest absolute Gasteiger partial charge is 0.249 e. The maximum atomic E-state index is 13.0. The first kappa shape index (κ1) is 16.0. The first-order chi connectivity index (χ1) is 9.85. The average molecular weight is 327 g/mol.